The normalized spacial score (nSPS) is 24.0. The molecule has 1 aromatic rings. The molecular weight excluding hydrogens is 310 g/mol. The lowest BCUT2D eigenvalue weighted by Crippen LogP contribution is -2.42. The average molecular weight is 332 g/mol. The van der Waals surface area contributed by atoms with E-state index in [0.717, 1.165) is 6.42 Å². The van der Waals surface area contributed by atoms with E-state index in [2.05, 4.69) is 13.8 Å². The van der Waals surface area contributed by atoms with Crippen LogP contribution in [0.25, 0.3) is 0 Å². The van der Waals surface area contributed by atoms with E-state index in [1.165, 1.54) is 6.07 Å². The van der Waals surface area contributed by atoms with Crippen LogP contribution in [0.5, 0.6) is 5.75 Å². The van der Waals surface area contributed by atoms with Crippen LogP contribution in [-0.4, -0.2) is 32.4 Å². The maximum atomic E-state index is 12.8. The molecule has 1 aromatic carbocycles. The van der Waals surface area contributed by atoms with E-state index < -0.39 is 10.0 Å². The lowest BCUT2D eigenvalue weighted by atomic mass is 9.94. The Morgan fingerprint density at radius 1 is 1.29 bits per heavy atom. The van der Waals surface area contributed by atoms with Crippen molar-refractivity contribution in [1.82, 2.24) is 4.31 Å². The molecule has 0 radical (unpaired) electrons. The fourth-order valence-corrected chi connectivity index (χ4v) is 4.73. The zero-order chi connectivity index (χ0) is 15.6. The van der Waals surface area contributed by atoms with Gasteiger partial charge in [0, 0.05) is 19.2 Å². The van der Waals surface area contributed by atoms with Crippen molar-refractivity contribution in [3.63, 3.8) is 0 Å². The molecule has 6 heteroatoms. The van der Waals surface area contributed by atoms with Gasteiger partial charge >= 0.3 is 0 Å². The summed E-state index contributed by atoms with van der Waals surface area (Å²) < 4.78 is 32.5. The summed E-state index contributed by atoms with van der Waals surface area (Å²) in [5.74, 6) is 1.17. The number of piperidine rings is 1. The molecule has 1 aliphatic rings. The summed E-state index contributed by atoms with van der Waals surface area (Å²) in [6.07, 6.45) is 1.07. The largest absolute Gasteiger partial charge is 0.492 e. The van der Waals surface area contributed by atoms with Crippen LogP contribution in [0.2, 0.25) is 5.02 Å². The van der Waals surface area contributed by atoms with Crippen LogP contribution in [0.4, 0.5) is 0 Å². The Hall–Kier alpha value is -0.780. The first-order chi connectivity index (χ1) is 9.84. The van der Waals surface area contributed by atoms with E-state index in [4.69, 9.17) is 16.3 Å². The minimum absolute atomic E-state index is 0.247. The standard InChI is InChI=1S/C15H22ClNO3S/c1-4-20-15-8-13(5-6-14(15)16)21(18,19)17-9-11(2)7-12(3)10-17/h5-6,8,11-12H,4,7,9-10H2,1-3H3/t11-,12-/m1/s1. The van der Waals surface area contributed by atoms with Crippen LogP contribution in [0.3, 0.4) is 0 Å². The number of sulfonamides is 1. The van der Waals surface area contributed by atoms with Gasteiger partial charge in [-0.1, -0.05) is 25.4 Å². The Kier molecular flexibility index (Phi) is 5.17. The van der Waals surface area contributed by atoms with Crippen LogP contribution in [-0.2, 0) is 10.0 Å². The molecule has 0 aromatic heterocycles. The number of nitrogens with zero attached hydrogens (tertiary/aromatic N) is 1. The minimum Gasteiger partial charge on any atom is -0.492 e. The van der Waals surface area contributed by atoms with Gasteiger partial charge in [-0.2, -0.15) is 4.31 Å². The first-order valence-electron chi connectivity index (χ1n) is 7.27. The van der Waals surface area contributed by atoms with Crippen molar-refractivity contribution in [2.45, 2.75) is 32.1 Å². The molecule has 0 N–H and O–H groups in total. The molecule has 4 nitrogen and oxygen atoms in total. The first-order valence-corrected chi connectivity index (χ1v) is 9.09. The van der Waals surface area contributed by atoms with Crippen LogP contribution in [0.1, 0.15) is 27.2 Å². The van der Waals surface area contributed by atoms with Gasteiger partial charge in [0.1, 0.15) is 5.75 Å². The summed E-state index contributed by atoms with van der Waals surface area (Å²) >= 11 is 6.02. The number of halogens is 1. The third-order valence-corrected chi connectivity index (χ3v) is 5.82. The van der Waals surface area contributed by atoms with Crippen LogP contribution in [0.15, 0.2) is 23.1 Å². The number of rotatable bonds is 4. The Balaban J connectivity index is 2.33. The van der Waals surface area contributed by atoms with Gasteiger partial charge in [-0.05, 0) is 37.3 Å². The smallest absolute Gasteiger partial charge is 0.243 e. The molecule has 0 spiro atoms. The number of benzene rings is 1. The maximum Gasteiger partial charge on any atom is 0.243 e. The summed E-state index contributed by atoms with van der Waals surface area (Å²) in [5.41, 5.74) is 0. The SMILES string of the molecule is CCOc1cc(S(=O)(=O)N2C[C@H](C)C[C@@H](C)C2)ccc1Cl. The first kappa shape index (κ1) is 16.6. The van der Waals surface area contributed by atoms with Gasteiger partial charge in [0.05, 0.1) is 16.5 Å². The van der Waals surface area contributed by atoms with E-state index in [1.54, 1.807) is 16.4 Å². The summed E-state index contributed by atoms with van der Waals surface area (Å²) in [6, 6.07) is 4.64. The Labute approximate surface area is 132 Å². The number of hydrogen-bond acceptors (Lipinski definition) is 3. The second kappa shape index (κ2) is 6.55. The second-order valence-corrected chi connectivity index (χ2v) is 8.14. The molecule has 118 valence electrons. The van der Waals surface area contributed by atoms with Crippen molar-refractivity contribution < 1.29 is 13.2 Å². The molecule has 0 bridgehead atoms. The molecule has 1 fully saturated rings. The lowest BCUT2D eigenvalue weighted by Gasteiger charge is -2.34. The van der Waals surface area contributed by atoms with Crippen LogP contribution < -0.4 is 4.74 Å². The van der Waals surface area contributed by atoms with Crippen molar-refractivity contribution in [1.29, 1.82) is 0 Å². The number of hydrogen-bond donors (Lipinski definition) is 0. The van der Waals surface area contributed by atoms with E-state index in [9.17, 15) is 8.42 Å². The predicted molar refractivity (Wildman–Crippen MR) is 84.3 cm³/mol. The van der Waals surface area contributed by atoms with Crippen LogP contribution >= 0.6 is 11.6 Å². The molecule has 2 atom stereocenters. The average Bonchev–Trinajstić information content (AvgIpc) is 2.40. The topological polar surface area (TPSA) is 46.6 Å². The highest BCUT2D eigenvalue weighted by Gasteiger charge is 2.32. The van der Waals surface area contributed by atoms with E-state index in [-0.39, 0.29) is 4.90 Å². The van der Waals surface area contributed by atoms with Gasteiger partial charge in [0.15, 0.2) is 0 Å². The predicted octanol–water partition coefficient (Wildman–Crippen LogP) is 3.41. The molecule has 0 aliphatic carbocycles. The molecule has 21 heavy (non-hydrogen) atoms. The van der Waals surface area contributed by atoms with E-state index in [1.807, 2.05) is 6.92 Å². The van der Waals surface area contributed by atoms with Crippen molar-refractivity contribution in [3.05, 3.63) is 23.2 Å². The van der Waals surface area contributed by atoms with Crippen molar-refractivity contribution in [2.24, 2.45) is 11.8 Å². The van der Waals surface area contributed by atoms with Gasteiger partial charge < -0.3 is 4.74 Å². The third kappa shape index (κ3) is 3.71. The Morgan fingerprint density at radius 2 is 1.90 bits per heavy atom. The molecule has 0 saturated carbocycles. The Bertz CT molecular complexity index is 593. The highest BCUT2D eigenvalue weighted by Crippen LogP contribution is 2.31. The van der Waals surface area contributed by atoms with Gasteiger partial charge in [-0.25, -0.2) is 8.42 Å². The highest BCUT2D eigenvalue weighted by atomic mass is 35.5. The van der Waals surface area contributed by atoms with Gasteiger partial charge in [0.2, 0.25) is 10.0 Å². The molecule has 0 unspecified atom stereocenters. The van der Waals surface area contributed by atoms with Crippen molar-refractivity contribution in [2.75, 3.05) is 19.7 Å². The van der Waals surface area contributed by atoms with Crippen molar-refractivity contribution >= 4 is 21.6 Å². The molecule has 0 amide bonds. The fourth-order valence-electron chi connectivity index (χ4n) is 2.86. The molecule has 1 saturated heterocycles. The van der Waals surface area contributed by atoms with Gasteiger partial charge in [-0.3, -0.25) is 0 Å². The van der Waals surface area contributed by atoms with Crippen LogP contribution in [0, 0.1) is 11.8 Å². The lowest BCUT2D eigenvalue weighted by molar-refractivity contribution is 0.222. The highest BCUT2D eigenvalue weighted by molar-refractivity contribution is 7.89. The zero-order valence-corrected chi connectivity index (χ0v) is 14.2. The summed E-state index contributed by atoms with van der Waals surface area (Å²) in [7, 11) is -3.49. The molecule has 2 rings (SSSR count). The Morgan fingerprint density at radius 3 is 2.48 bits per heavy atom. The molecule has 1 heterocycles. The molecular formula is C15H22ClNO3S. The second-order valence-electron chi connectivity index (χ2n) is 5.79. The van der Waals surface area contributed by atoms with Gasteiger partial charge in [0.25, 0.3) is 0 Å². The summed E-state index contributed by atoms with van der Waals surface area (Å²) in [4.78, 5) is 0.247. The maximum absolute atomic E-state index is 12.8. The minimum atomic E-state index is -3.49. The molecule has 1 aliphatic heterocycles. The zero-order valence-electron chi connectivity index (χ0n) is 12.7. The quantitative estimate of drug-likeness (QED) is 0.849. The summed E-state index contributed by atoms with van der Waals surface area (Å²) in [5, 5.41) is 0.427. The number of ether oxygens (including phenoxy) is 1. The fraction of sp³-hybridized carbons (Fsp3) is 0.600. The van der Waals surface area contributed by atoms with Crippen molar-refractivity contribution in [3.8, 4) is 5.75 Å². The summed E-state index contributed by atoms with van der Waals surface area (Å²) in [6.45, 7) is 7.60. The monoisotopic (exact) mass is 331 g/mol. The van der Waals surface area contributed by atoms with E-state index >= 15 is 0 Å². The van der Waals surface area contributed by atoms with E-state index in [0.29, 0.717) is 42.3 Å². The third-order valence-electron chi connectivity index (χ3n) is 3.68. The van der Waals surface area contributed by atoms with Gasteiger partial charge in [-0.15, -0.1) is 0 Å².